The molecule has 128 valence electrons. The van der Waals surface area contributed by atoms with Crippen molar-refractivity contribution in [3.05, 3.63) is 18.5 Å². The van der Waals surface area contributed by atoms with E-state index >= 15 is 0 Å². The van der Waals surface area contributed by atoms with Gasteiger partial charge in [0.15, 0.2) is 0 Å². The molecule has 0 unspecified atom stereocenters. The minimum Gasteiger partial charge on any atom is -0.384 e. The lowest BCUT2D eigenvalue weighted by atomic mass is 9.71. The zero-order chi connectivity index (χ0) is 16.5. The van der Waals surface area contributed by atoms with Gasteiger partial charge >= 0.3 is 0 Å². The molecule has 2 aliphatic rings. The molecule has 8 heteroatoms. The summed E-state index contributed by atoms with van der Waals surface area (Å²) in [5.74, 6) is 1.00. The fourth-order valence-electron chi connectivity index (χ4n) is 3.84. The van der Waals surface area contributed by atoms with Gasteiger partial charge in [0.05, 0.1) is 12.9 Å². The van der Waals surface area contributed by atoms with Crippen LogP contribution in [0.4, 0.5) is 5.95 Å². The van der Waals surface area contributed by atoms with Crippen molar-refractivity contribution in [2.45, 2.75) is 12.8 Å². The highest BCUT2D eigenvalue weighted by atomic mass is 32.2. The Hall–Kier alpha value is -1.25. The van der Waals surface area contributed by atoms with Crippen molar-refractivity contribution in [3.8, 4) is 0 Å². The number of sulfonamides is 1. The summed E-state index contributed by atoms with van der Waals surface area (Å²) in [4.78, 5) is 10.8. The van der Waals surface area contributed by atoms with Crippen LogP contribution in [0, 0.1) is 11.3 Å². The number of aromatic nitrogens is 2. The number of nitrogens with zero attached hydrogens (tertiary/aromatic N) is 4. The number of ether oxygens (including phenoxy) is 1. The number of hydrogen-bond donors (Lipinski definition) is 0. The van der Waals surface area contributed by atoms with E-state index in [9.17, 15) is 8.42 Å². The van der Waals surface area contributed by atoms with Crippen molar-refractivity contribution in [3.63, 3.8) is 0 Å². The van der Waals surface area contributed by atoms with Crippen LogP contribution < -0.4 is 4.90 Å². The third-order valence-corrected chi connectivity index (χ3v) is 6.43. The van der Waals surface area contributed by atoms with Gasteiger partial charge in [-0.15, -0.1) is 0 Å². The van der Waals surface area contributed by atoms with E-state index in [1.165, 1.54) is 6.26 Å². The topological polar surface area (TPSA) is 75.6 Å². The summed E-state index contributed by atoms with van der Waals surface area (Å²) in [5.41, 5.74) is 0.00434. The van der Waals surface area contributed by atoms with Gasteiger partial charge in [-0.2, -0.15) is 0 Å². The second kappa shape index (κ2) is 6.33. The van der Waals surface area contributed by atoms with E-state index in [0.29, 0.717) is 19.7 Å². The van der Waals surface area contributed by atoms with Crippen LogP contribution in [0.25, 0.3) is 0 Å². The van der Waals surface area contributed by atoms with Gasteiger partial charge in [0, 0.05) is 51.6 Å². The Morgan fingerprint density at radius 2 is 1.96 bits per heavy atom. The molecule has 2 saturated heterocycles. The third kappa shape index (κ3) is 3.34. The van der Waals surface area contributed by atoms with Crippen molar-refractivity contribution < 1.29 is 13.2 Å². The Balaban J connectivity index is 1.74. The van der Waals surface area contributed by atoms with Crippen LogP contribution >= 0.6 is 0 Å². The SMILES string of the molecule is COC[C@@H]1CN(S(C)(=O)=O)CC12CCN(c1ncccn1)CC2. The molecule has 1 atom stereocenters. The fraction of sp³-hybridized carbons (Fsp3) is 0.733. The molecular weight excluding hydrogens is 316 g/mol. The minimum atomic E-state index is -3.16. The highest BCUT2D eigenvalue weighted by Crippen LogP contribution is 2.45. The lowest BCUT2D eigenvalue weighted by molar-refractivity contribution is 0.0762. The summed E-state index contributed by atoms with van der Waals surface area (Å²) in [6, 6.07) is 1.81. The van der Waals surface area contributed by atoms with Gasteiger partial charge < -0.3 is 9.64 Å². The number of anilines is 1. The molecule has 1 aromatic heterocycles. The first-order valence-corrected chi connectivity index (χ1v) is 9.75. The maximum Gasteiger partial charge on any atom is 0.225 e. The molecule has 0 aromatic carbocycles. The lowest BCUT2D eigenvalue weighted by Gasteiger charge is -2.42. The monoisotopic (exact) mass is 340 g/mol. The van der Waals surface area contributed by atoms with E-state index in [2.05, 4.69) is 14.9 Å². The molecule has 1 aromatic rings. The van der Waals surface area contributed by atoms with Crippen LogP contribution in [-0.2, 0) is 14.8 Å². The maximum atomic E-state index is 11.9. The molecule has 0 N–H and O–H groups in total. The summed E-state index contributed by atoms with van der Waals surface area (Å²) in [5, 5.41) is 0. The Bertz CT molecular complexity index is 629. The predicted molar refractivity (Wildman–Crippen MR) is 87.7 cm³/mol. The first-order chi connectivity index (χ1) is 10.9. The average molecular weight is 340 g/mol. The van der Waals surface area contributed by atoms with Crippen LogP contribution in [0.15, 0.2) is 18.5 Å². The molecule has 0 bridgehead atoms. The normalized spacial score (nSPS) is 25.1. The predicted octanol–water partition coefficient (Wildman–Crippen LogP) is 0.601. The van der Waals surface area contributed by atoms with Gasteiger partial charge in [0.1, 0.15) is 0 Å². The van der Waals surface area contributed by atoms with Gasteiger partial charge in [-0.05, 0) is 24.3 Å². The molecule has 0 aliphatic carbocycles. The minimum absolute atomic E-state index is 0.00434. The van der Waals surface area contributed by atoms with Crippen LogP contribution in [-0.4, -0.2) is 68.8 Å². The van der Waals surface area contributed by atoms with E-state index in [0.717, 1.165) is 31.9 Å². The number of methoxy groups -OCH3 is 1. The van der Waals surface area contributed by atoms with E-state index in [1.807, 2.05) is 6.07 Å². The van der Waals surface area contributed by atoms with Gasteiger partial charge in [-0.3, -0.25) is 0 Å². The van der Waals surface area contributed by atoms with Crippen LogP contribution in [0.1, 0.15) is 12.8 Å². The molecule has 2 fully saturated rings. The summed E-state index contributed by atoms with van der Waals surface area (Å²) in [6.07, 6.45) is 6.67. The Labute approximate surface area is 137 Å². The quantitative estimate of drug-likeness (QED) is 0.799. The second-order valence-electron chi connectivity index (χ2n) is 6.61. The van der Waals surface area contributed by atoms with Gasteiger partial charge in [0.25, 0.3) is 0 Å². The molecule has 7 nitrogen and oxygen atoms in total. The van der Waals surface area contributed by atoms with E-state index in [1.54, 1.807) is 23.8 Å². The highest BCUT2D eigenvalue weighted by molar-refractivity contribution is 7.88. The van der Waals surface area contributed by atoms with Gasteiger partial charge in [-0.1, -0.05) is 0 Å². The smallest absolute Gasteiger partial charge is 0.225 e. The largest absolute Gasteiger partial charge is 0.384 e. The van der Waals surface area contributed by atoms with Crippen molar-refractivity contribution in [2.24, 2.45) is 11.3 Å². The summed E-state index contributed by atoms with van der Waals surface area (Å²) in [6.45, 7) is 3.47. The van der Waals surface area contributed by atoms with E-state index < -0.39 is 10.0 Å². The van der Waals surface area contributed by atoms with Crippen molar-refractivity contribution in [2.75, 3.05) is 51.1 Å². The highest BCUT2D eigenvalue weighted by Gasteiger charge is 2.50. The maximum absolute atomic E-state index is 11.9. The van der Waals surface area contributed by atoms with Gasteiger partial charge in [-0.25, -0.2) is 22.7 Å². The average Bonchev–Trinajstić information content (AvgIpc) is 2.88. The fourth-order valence-corrected chi connectivity index (χ4v) is 4.78. The van der Waals surface area contributed by atoms with Crippen LogP contribution in [0.3, 0.4) is 0 Å². The summed E-state index contributed by atoms with van der Waals surface area (Å²) in [7, 11) is -1.47. The van der Waals surface area contributed by atoms with Crippen LogP contribution in [0.5, 0.6) is 0 Å². The number of piperidine rings is 1. The summed E-state index contributed by atoms with van der Waals surface area (Å²) >= 11 is 0. The van der Waals surface area contributed by atoms with Gasteiger partial charge in [0.2, 0.25) is 16.0 Å². The molecule has 1 spiro atoms. The van der Waals surface area contributed by atoms with Crippen molar-refractivity contribution in [1.29, 1.82) is 0 Å². The first kappa shape index (κ1) is 16.6. The summed E-state index contributed by atoms with van der Waals surface area (Å²) < 4.78 is 30.9. The van der Waals surface area contributed by atoms with Crippen molar-refractivity contribution >= 4 is 16.0 Å². The van der Waals surface area contributed by atoms with Crippen molar-refractivity contribution in [1.82, 2.24) is 14.3 Å². The first-order valence-electron chi connectivity index (χ1n) is 7.91. The second-order valence-corrected chi connectivity index (χ2v) is 8.59. The molecule has 3 rings (SSSR count). The third-order valence-electron chi connectivity index (χ3n) is 5.21. The standard InChI is InChI=1S/C15H24N4O3S/c1-22-11-13-10-19(23(2,20)21)12-15(13)4-8-18(9-5-15)14-16-6-3-7-17-14/h3,6-7,13H,4-5,8-12H2,1-2H3/t13-/m0/s1. The number of rotatable bonds is 4. The lowest BCUT2D eigenvalue weighted by Crippen LogP contribution is -2.46. The molecule has 23 heavy (non-hydrogen) atoms. The number of hydrogen-bond acceptors (Lipinski definition) is 6. The molecule has 2 aliphatic heterocycles. The Kier molecular flexibility index (Phi) is 4.57. The zero-order valence-corrected chi connectivity index (χ0v) is 14.5. The van der Waals surface area contributed by atoms with E-state index in [4.69, 9.17) is 4.74 Å². The Morgan fingerprint density at radius 1 is 1.30 bits per heavy atom. The molecule has 0 radical (unpaired) electrons. The molecule has 0 amide bonds. The Morgan fingerprint density at radius 3 is 2.52 bits per heavy atom. The zero-order valence-electron chi connectivity index (χ0n) is 13.7. The molecule has 3 heterocycles. The molecular formula is C15H24N4O3S. The van der Waals surface area contributed by atoms with Crippen LogP contribution in [0.2, 0.25) is 0 Å². The van der Waals surface area contributed by atoms with E-state index in [-0.39, 0.29) is 11.3 Å². The molecule has 0 saturated carbocycles.